The second-order valence-corrected chi connectivity index (χ2v) is 3.99. The summed E-state index contributed by atoms with van der Waals surface area (Å²) in [6.45, 7) is 2.33. The first kappa shape index (κ1) is 10.9. The van der Waals surface area contributed by atoms with Crippen LogP contribution in [-0.2, 0) is 9.53 Å². The van der Waals surface area contributed by atoms with Crippen molar-refractivity contribution >= 4 is 11.9 Å². The van der Waals surface area contributed by atoms with Gasteiger partial charge in [-0.15, -0.1) is 0 Å². The zero-order valence-corrected chi connectivity index (χ0v) is 9.40. The van der Waals surface area contributed by atoms with Crippen LogP contribution in [0.4, 0.5) is 0 Å². The number of hydrogen-bond acceptors (Lipinski definition) is 3. The number of carbonyl (C=O) groups is 1. The van der Waals surface area contributed by atoms with E-state index in [2.05, 4.69) is 0 Å². The number of methoxy groups -OCH3 is 1. The monoisotopic (exact) mass is 218 g/mol. The number of benzene rings is 1. The average Bonchev–Trinajstić information content (AvgIpc) is 3.06. The molecular formula is C13H14O3. The van der Waals surface area contributed by atoms with Gasteiger partial charge < -0.3 is 9.47 Å². The minimum absolute atomic E-state index is 0.0170. The molecule has 3 nitrogen and oxygen atoms in total. The Morgan fingerprint density at radius 1 is 1.44 bits per heavy atom. The van der Waals surface area contributed by atoms with Gasteiger partial charge in [0.1, 0.15) is 5.75 Å². The molecule has 0 aliphatic carbocycles. The summed E-state index contributed by atoms with van der Waals surface area (Å²) < 4.78 is 10.1. The first-order valence-electron chi connectivity index (χ1n) is 5.14. The molecule has 1 fully saturated rings. The minimum Gasteiger partial charge on any atom is -0.497 e. The Labute approximate surface area is 94.7 Å². The summed E-state index contributed by atoms with van der Waals surface area (Å²) in [6, 6.07) is 7.52. The number of hydrogen-bond donors (Lipinski definition) is 0. The average molecular weight is 218 g/mol. The van der Waals surface area contributed by atoms with Crippen LogP contribution in [0.2, 0.25) is 0 Å². The number of epoxide rings is 1. The van der Waals surface area contributed by atoms with Gasteiger partial charge in [-0.2, -0.15) is 0 Å². The highest BCUT2D eigenvalue weighted by Crippen LogP contribution is 2.27. The van der Waals surface area contributed by atoms with Crippen molar-refractivity contribution in [2.45, 2.75) is 12.5 Å². The Morgan fingerprint density at radius 2 is 2.06 bits per heavy atom. The van der Waals surface area contributed by atoms with Gasteiger partial charge in [0, 0.05) is 0 Å². The van der Waals surface area contributed by atoms with Gasteiger partial charge in [0.25, 0.3) is 0 Å². The Kier molecular flexibility index (Phi) is 2.79. The molecule has 1 aliphatic heterocycles. The lowest BCUT2D eigenvalue weighted by atomic mass is 10.1. The summed E-state index contributed by atoms with van der Waals surface area (Å²) in [7, 11) is 1.62. The van der Waals surface area contributed by atoms with E-state index in [1.54, 1.807) is 26.2 Å². The van der Waals surface area contributed by atoms with E-state index in [0.717, 1.165) is 11.3 Å². The Hall–Kier alpha value is -1.61. The third-order valence-electron chi connectivity index (χ3n) is 2.64. The highest BCUT2D eigenvalue weighted by atomic mass is 16.6. The SMILES string of the molecule is COc1ccc(C=CC(=O)[C@@]2(C)CO2)cc1. The van der Waals surface area contributed by atoms with Gasteiger partial charge >= 0.3 is 0 Å². The maximum Gasteiger partial charge on any atom is 0.189 e. The number of ether oxygens (including phenoxy) is 2. The normalized spacial score (nSPS) is 23.4. The van der Waals surface area contributed by atoms with E-state index in [-0.39, 0.29) is 5.78 Å². The third-order valence-corrected chi connectivity index (χ3v) is 2.64. The Bertz CT molecular complexity index is 413. The summed E-state index contributed by atoms with van der Waals surface area (Å²) in [5.74, 6) is 0.823. The second kappa shape index (κ2) is 4.10. The van der Waals surface area contributed by atoms with E-state index >= 15 is 0 Å². The number of carbonyl (C=O) groups excluding carboxylic acids is 1. The maximum absolute atomic E-state index is 11.6. The molecule has 0 aromatic heterocycles. The third kappa shape index (κ3) is 2.31. The van der Waals surface area contributed by atoms with Gasteiger partial charge in [0.2, 0.25) is 0 Å². The van der Waals surface area contributed by atoms with E-state index in [1.807, 2.05) is 24.3 Å². The van der Waals surface area contributed by atoms with Crippen LogP contribution >= 0.6 is 0 Å². The standard InChI is InChI=1S/C13H14O3/c1-13(9-16-13)12(14)8-5-10-3-6-11(15-2)7-4-10/h3-8H,9H2,1-2H3/t13-/m1/s1. The van der Waals surface area contributed by atoms with Crippen LogP contribution in [0.5, 0.6) is 5.75 Å². The van der Waals surface area contributed by atoms with Gasteiger partial charge in [0.15, 0.2) is 11.4 Å². The lowest BCUT2D eigenvalue weighted by molar-refractivity contribution is -0.118. The van der Waals surface area contributed by atoms with E-state index in [1.165, 1.54) is 0 Å². The predicted octanol–water partition coefficient (Wildman–Crippen LogP) is 2.07. The van der Waals surface area contributed by atoms with Crippen LogP contribution in [0.15, 0.2) is 30.3 Å². The molecule has 0 saturated carbocycles. The first-order valence-corrected chi connectivity index (χ1v) is 5.14. The van der Waals surface area contributed by atoms with Crippen molar-refractivity contribution in [3.63, 3.8) is 0 Å². The van der Waals surface area contributed by atoms with Gasteiger partial charge in [-0.3, -0.25) is 4.79 Å². The smallest absolute Gasteiger partial charge is 0.189 e. The van der Waals surface area contributed by atoms with Crippen molar-refractivity contribution in [3.8, 4) is 5.75 Å². The zero-order chi connectivity index (χ0) is 11.6. The summed E-state index contributed by atoms with van der Waals surface area (Å²) in [4.78, 5) is 11.6. The lowest BCUT2D eigenvalue weighted by Crippen LogP contribution is -2.17. The molecule has 1 atom stereocenters. The molecule has 0 radical (unpaired) electrons. The van der Waals surface area contributed by atoms with Crippen LogP contribution in [0, 0.1) is 0 Å². The summed E-state index contributed by atoms with van der Waals surface area (Å²) in [6.07, 6.45) is 3.35. The van der Waals surface area contributed by atoms with Crippen LogP contribution in [0.3, 0.4) is 0 Å². The van der Waals surface area contributed by atoms with E-state index in [4.69, 9.17) is 9.47 Å². The number of rotatable bonds is 4. The summed E-state index contributed by atoms with van der Waals surface area (Å²) in [5, 5.41) is 0. The topological polar surface area (TPSA) is 38.8 Å². The van der Waals surface area contributed by atoms with Gasteiger partial charge in [-0.25, -0.2) is 0 Å². The van der Waals surface area contributed by atoms with Crippen molar-refractivity contribution in [3.05, 3.63) is 35.9 Å². The molecular weight excluding hydrogens is 204 g/mol. The highest BCUT2D eigenvalue weighted by molar-refractivity contribution is 6.01. The molecule has 0 amide bonds. The molecule has 0 unspecified atom stereocenters. The van der Waals surface area contributed by atoms with Gasteiger partial charge in [0.05, 0.1) is 13.7 Å². The van der Waals surface area contributed by atoms with E-state index < -0.39 is 5.60 Å². The number of ketones is 1. The fourth-order valence-corrected chi connectivity index (χ4v) is 1.31. The largest absolute Gasteiger partial charge is 0.497 e. The van der Waals surface area contributed by atoms with Crippen LogP contribution in [0.25, 0.3) is 6.08 Å². The lowest BCUT2D eigenvalue weighted by Gasteiger charge is -2.00. The van der Waals surface area contributed by atoms with Gasteiger partial charge in [-0.1, -0.05) is 18.2 Å². The molecule has 0 bridgehead atoms. The Morgan fingerprint density at radius 3 is 2.56 bits per heavy atom. The van der Waals surface area contributed by atoms with E-state index in [9.17, 15) is 4.79 Å². The van der Waals surface area contributed by atoms with Gasteiger partial charge in [-0.05, 0) is 30.7 Å². The molecule has 1 heterocycles. The molecule has 1 aromatic carbocycles. The molecule has 3 heteroatoms. The molecule has 1 saturated heterocycles. The quantitative estimate of drug-likeness (QED) is 0.573. The molecule has 2 rings (SSSR count). The first-order chi connectivity index (χ1) is 7.64. The molecule has 0 N–H and O–H groups in total. The fourth-order valence-electron chi connectivity index (χ4n) is 1.31. The Balaban J connectivity index is 2.03. The minimum atomic E-state index is -0.566. The van der Waals surface area contributed by atoms with Crippen LogP contribution in [0.1, 0.15) is 12.5 Å². The van der Waals surface area contributed by atoms with Crippen LogP contribution < -0.4 is 4.74 Å². The van der Waals surface area contributed by atoms with Crippen molar-refractivity contribution in [1.82, 2.24) is 0 Å². The van der Waals surface area contributed by atoms with Crippen LogP contribution in [-0.4, -0.2) is 25.1 Å². The molecule has 1 aromatic rings. The highest BCUT2D eigenvalue weighted by Gasteiger charge is 2.45. The molecule has 16 heavy (non-hydrogen) atoms. The molecule has 1 aliphatic rings. The van der Waals surface area contributed by atoms with E-state index in [0.29, 0.717) is 6.61 Å². The van der Waals surface area contributed by atoms with Crippen molar-refractivity contribution in [2.75, 3.05) is 13.7 Å². The second-order valence-electron chi connectivity index (χ2n) is 3.99. The predicted molar refractivity (Wildman–Crippen MR) is 61.4 cm³/mol. The van der Waals surface area contributed by atoms with Crippen molar-refractivity contribution < 1.29 is 14.3 Å². The zero-order valence-electron chi connectivity index (χ0n) is 9.40. The molecule has 84 valence electrons. The van der Waals surface area contributed by atoms with Crippen molar-refractivity contribution in [1.29, 1.82) is 0 Å². The molecule has 0 spiro atoms. The fraction of sp³-hybridized carbons (Fsp3) is 0.308. The summed E-state index contributed by atoms with van der Waals surface area (Å²) >= 11 is 0. The summed E-state index contributed by atoms with van der Waals surface area (Å²) in [5.41, 5.74) is 0.404. The maximum atomic E-state index is 11.6. The van der Waals surface area contributed by atoms with Crippen molar-refractivity contribution in [2.24, 2.45) is 0 Å².